The second kappa shape index (κ2) is 20.2. The number of rotatable bonds is 8. The zero-order valence-electron chi connectivity index (χ0n) is 53.9. The topological polar surface area (TPSA) is 32.8 Å². The van der Waals surface area contributed by atoms with Gasteiger partial charge in [0, 0.05) is 54.5 Å². The number of anilines is 6. The van der Waals surface area contributed by atoms with E-state index in [0.717, 1.165) is 67.2 Å². The van der Waals surface area contributed by atoms with Crippen LogP contribution in [0.2, 0.25) is 0 Å². The molecule has 0 saturated heterocycles. The third-order valence-electron chi connectivity index (χ3n) is 23.3. The minimum absolute atomic E-state index is 0.214. The fourth-order valence-corrected chi connectivity index (χ4v) is 18.7. The molecule has 4 aliphatic carbocycles. The van der Waals surface area contributed by atoms with E-state index in [1.165, 1.54) is 184 Å². The fourth-order valence-electron chi connectivity index (χ4n) is 18.7. The summed E-state index contributed by atoms with van der Waals surface area (Å²) in [5, 5.41) is 17.1. The lowest BCUT2D eigenvalue weighted by molar-refractivity contribution is 0.442. The lowest BCUT2D eigenvalue weighted by Gasteiger charge is -2.31. The van der Waals surface area contributed by atoms with Gasteiger partial charge in [-0.05, 0) is 197 Å². The highest BCUT2D eigenvalue weighted by atomic mass is 16.3. The van der Waals surface area contributed by atoms with Gasteiger partial charge in [0.15, 0.2) is 11.2 Å². The monoisotopic (exact) mass is 1210 g/mol. The zero-order chi connectivity index (χ0) is 62.3. The van der Waals surface area contributed by atoms with Crippen LogP contribution in [0.25, 0.3) is 120 Å². The van der Waals surface area contributed by atoms with Gasteiger partial charge in [-0.25, -0.2) is 0 Å². The molecule has 4 heteroatoms. The first-order chi connectivity index (χ1) is 46.2. The quantitative estimate of drug-likeness (QED) is 0.142. The third-order valence-corrected chi connectivity index (χ3v) is 23.3. The van der Waals surface area contributed by atoms with E-state index < -0.39 is 0 Å². The van der Waals surface area contributed by atoms with Gasteiger partial charge in [0.1, 0.15) is 11.2 Å². The van der Waals surface area contributed by atoms with Crippen molar-refractivity contribution in [2.24, 2.45) is 0 Å². The number of hydrogen-bond acceptors (Lipinski definition) is 4. The van der Waals surface area contributed by atoms with Crippen molar-refractivity contribution in [3.8, 4) is 22.3 Å². The van der Waals surface area contributed by atoms with E-state index in [-0.39, 0.29) is 10.8 Å². The Morgan fingerprint density at radius 2 is 0.681 bits per heavy atom. The Labute approximate surface area is 548 Å². The lowest BCUT2D eigenvalue weighted by atomic mass is 9.82. The van der Waals surface area contributed by atoms with Gasteiger partial charge in [-0.3, -0.25) is 0 Å². The minimum atomic E-state index is -0.214. The van der Waals surface area contributed by atoms with Crippen molar-refractivity contribution in [3.63, 3.8) is 0 Å². The van der Waals surface area contributed by atoms with Crippen LogP contribution in [0.1, 0.15) is 137 Å². The molecule has 2 aromatic heterocycles. The summed E-state index contributed by atoms with van der Waals surface area (Å²) in [6.45, 7) is 9.59. The van der Waals surface area contributed by atoms with E-state index in [0.29, 0.717) is 11.8 Å². The molecule has 0 spiro atoms. The SMILES string of the molecule is CC1(C)c2ccccc2-c2ccc(N(c3ccc4ccc5c(N(c6ccc7c(c6)C(C)(C)c6ccccc6-7)c6cccc7c6oc6c(C8CCCCC8)cc8ccccc8c67)ccc6ccc3c4c65)c3cccc4c3oc3c(C5CCCCC5)cc5ccccc5c34)cc21. The normalized spacial score (nSPS) is 16.2. The summed E-state index contributed by atoms with van der Waals surface area (Å²) >= 11 is 0. The first-order valence-corrected chi connectivity index (χ1v) is 34.7. The summed E-state index contributed by atoms with van der Waals surface area (Å²) in [5.41, 5.74) is 23.3. The van der Waals surface area contributed by atoms with Crippen molar-refractivity contribution in [1.29, 1.82) is 0 Å². The average molecular weight is 1210 g/mol. The fraction of sp³-hybridized carbons (Fsp3) is 0.200. The predicted molar refractivity (Wildman–Crippen MR) is 396 cm³/mol. The van der Waals surface area contributed by atoms with Gasteiger partial charge in [0.2, 0.25) is 0 Å². The molecule has 4 nitrogen and oxygen atoms in total. The van der Waals surface area contributed by atoms with Crippen molar-refractivity contribution in [2.45, 2.75) is 115 Å². The molecule has 20 rings (SSSR count). The maximum absolute atomic E-state index is 7.65. The molecule has 16 aromatic rings. The molecule has 4 aliphatic rings. The molecular weight excluding hydrogens is 1140 g/mol. The van der Waals surface area contributed by atoms with Gasteiger partial charge in [-0.15, -0.1) is 0 Å². The molecule has 0 atom stereocenters. The molecule has 0 aliphatic heterocycles. The van der Waals surface area contributed by atoms with Crippen LogP contribution >= 0.6 is 0 Å². The molecule has 94 heavy (non-hydrogen) atoms. The van der Waals surface area contributed by atoms with Crippen LogP contribution in [-0.4, -0.2) is 0 Å². The van der Waals surface area contributed by atoms with Crippen molar-refractivity contribution >= 4 is 132 Å². The van der Waals surface area contributed by atoms with Crippen molar-refractivity contribution in [2.75, 3.05) is 9.80 Å². The second-order valence-corrected chi connectivity index (χ2v) is 29.0. The smallest absolute Gasteiger partial charge is 0.159 e. The molecule has 2 fully saturated rings. The van der Waals surface area contributed by atoms with Crippen LogP contribution in [0.5, 0.6) is 0 Å². The Morgan fingerprint density at radius 3 is 1.14 bits per heavy atom. The van der Waals surface area contributed by atoms with Crippen LogP contribution in [0.3, 0.4) is 0 Å². The van der Waals surface area contributed by atoms with E-state index >= 15 is 0 Å². The van der Waals surface area contributed by atoms with Crippen molar-refractivity contribution < 1.29 is 8.83 Å². The second-order valence-electron chi connectivity index (χ2n) is 29.0. The van der Waals surface area contributed by atoms with Crippen molar-refractivity contribution in [1.82, 2.24) is 0 Å². The standard InChI is InChI=1S/C90H72N2O2/c1-89(2)73-33-17-15-29-63(73)65-45-41-59(51-75(65)89)91(79-35-19-31-69-83-61-27-13-11-25-57(61)49-71(87(83)93-85(69)79)53-21-7-5-8-22-53)77-47-39-55-38-44-68-78(48-40-56-37-43-67(77)81(55)82(56)68)92(60-42-46-66-64-30-16-18-34-74(64)90(3,4)76(66)52-60)80-36-20-32-70-84-62-28-14-12-26-58(62)50-72(88(84)94-86(70)80)54-23-9-6-10-24-54/h11-20,25-54H,5-10,21-24H2,1-4H3. The van der Waals surface area contributed by atoms with Gasteiger partial charge in [0.05, 0.1) is 22.7 Å². The van der Waals surface area contributed by atoms with E-state index in [1.54, 1.807) is 0 Å². The summed E-state index contributed by atoms with van der Waals surface area (Å²) < 4.78 is 15.3. The van der Waals surface area contributed by atoms with Crippen LogP contribution in [0.15, 0.2) is 239 Å². The van der Waals surface area contributed by atoms with Crippen LogP contribution in [0.4, 0.5) is 34.1 Å². The number of para-hydroxylation sites is 2. The van der Waals surface area contributed by atoms with E-state index in [9.17, 15) is 0 Å². The predicted octanol–water partition coefficient (Wildman–Crippen LogP) is 26.3. The lowest BCUT2D eigenvalue weighted by Crippen LogP contribution is -2.17. The molecule has 2 heterocycles. The molecule has 454 valence electrons. The Kier molecular flexibility index (Phi) is 11.7. The number of nitrogens with zero attached hydrogens (tertiary/aromatic N) is 2. The molecular formula is C90H72N2O2. The summed E-state index contributed by atoms with van der Waals surface area (Å²) in [6.07, 6.45) is 12.4. The minimum Gasteiger partial charge on any atom is -0.454 e. The largest absolute Gasteiger partial charge is 0.454 e. The maximum Gasteiger partial charge on any atom is 0.159 e. The van der Waals surface area contributed by atoms with Crippen LogP contribution < -0.4 is 9.80 Å². The van der Waals surface area contributed by atoms with E-state index in [2.05, 4.69) is 268 Å². The Bertz CT molecular complexity index is 5500. The van der Waals surface area contributed by atoms with Crippen LogP contribution in [-0.2, 0) is 10.8 Å². The highest BCUT2D eigenvalue weighted by molar-refractivity contribution is 6.30. The first kappa shape index (κ1) is 54.4. The summed E-state index contributed by atoms with van der Waals surface area (Å²) in [5.74, 6) is 0.912. The van der Waals surface area contributed by atoms with Gasteiger partial charge in [-0.1, -0.05) is 236 Å². The van der Waals surface area contributed by atoms with Crippen molar-refractivity contribution in [3.05, 3.63) is 264 Å². The summed E-state index contributed by atoms with van der Waals surface area (Å²) in [7, 11) is 0. The van der Waals surface area contributed by atoms with Gasteiger partial charge in [-0.2, -0.15) is 0 Å². The van der Waals surface area contributed by atoms with E-state index in [1.807, 2.05) is 0 Å². The van der Waals surface area contributed by atoms with Gasteiger partial charge in [0.25, 0.3) is 0 Å². The molecule has 2 saturated carbocycles. The highest BCUT2D eigenvalue weighted by Gasteiger charge is 2.39. The molecule has 0 bridgehead atoms. The molecule has 0 N–H and O–H groups in total. The summed E-state index contributed by atoms with van der Waals surface area (Å²) in [4.78, 5) is 5.09. The van der Waals surface area contributed by atoms with Gasteiger partial charge >= 0.3 is 0 Å². The zero-order valence-corrected chi connectivity index (χ0v) is 53.9. The number of benzene rings is 14. The Balaban J connectivity index is 0.843. The number of hydrogen-bond donors (Lipinski definition) is 0. The maximum atomic E-state index is 7.65. The first-order valence-electron chi connectivity index (χ1n) is 34.7. The highest BCUT2D eigenvalue weighted by Crippen LogP contribution is 2.57. The number of furan rings is 2. The third kappa shape index (κ3) is 7.68. The van der Waals surface area contributed by atoms with Gasteiger partial charge < -0.3 is 18.6 Å². The molecule has 0 amide bonds. The molecule has 0 radical (unpaired) electrons. The van der Waals surface area contributed by atoms with Crippen LogP contribution in [0, 0.1) is 0 Å². The summed E-state index contributed by atoms with van der Waals surface area (Å²) in [6, 6.07) is 88.2. The Hall–Kier alpha value is -10.2. The van der Waals surface area contributed by atoms with E-state index in [4.69, 9.17) is 8.83 Å². The Morgan fingerprint density at radius 1 is 0.287 bits per heavy atom. The molecule has 14 aromatic carbocycles. The number of fused-ring (bicyclic) bond motifs is 16. The average Bonchev–Trinajstić information content (AvgIpc) is 1.69. The molecule has 0 unspecified atom stereocenters.